The molecule has 0 bridgehead atoms. The summed E-state index contributed by atoms with van der Waals surface area (Å²) >= 11 is 7.71. The zero-order valence-electron chi connectivity index (χ0n) is 10.7. The van der Waals surface area contributed by atoms with Crippen molar-refractivity contribution in [1.82, 2.24) is 5.32 Å². The van der Waals surface area contributed by atoms with Crippen LogP contribution < -0.4 is 10.6 Å². The molecule has 106 valence electrons. The molecule has 1 heterocycles. The van der Waals surface area contributed by atoms with Crippen molar-refractivity contribution in [1.29, 1.82) is 0 Å². The van der Waals surface area contributed by atoms with Crippen molar-refractivity contribution in [3.05, 3.63) is 23.2 Å². The number of hydrogen-bond acceptors (Lipinski definition) is 3. The van der Waals surface area contributed by atoms with Crippen LogP contribution in [0.4, 0.5) is 5.69 Å². The first-order valence-electron chi connectivity index (χ1n) is 6.06. The maximum atomic E-state index is 12.0. The lowest BCUT2D eigenvalue weighted by atomic mass is 9.97. The molecule has 0 unspecified atom stereocenters. The van der Waals surface area contributed by atoms with E-state index < -0.39 is 0 Å². The Kier molecular flexibility index (Phi) is 7.00. The van der Waals surface area contributed by atoms with E-state index in [0.717, 1.165) is 36.5 Å². The van der Waals surface area contributed by atoms with Crippen LogP contribution in [0, 0.1) is 5.92 Å². The van der Waals surface area contributed by atoms with Crippen molar-refractivity contribution in [2.75, 3.05) is 24.7 Å². The predicted octanol–water partition coefficient (Wildman–Crippen LogP) is 3.42. The summed E-state index contributed by atoms with van der Waals surface area (Å²) in [4.78, 5) is 13.1. The van der Waals surface area contributed by atoms with E-state index in [2.05, 4.69) is 10.6 Å². The standard InChI is InChI=1S/C13H17ClN2OS.ClH/c1-18-12-3-2-10(8-11(12)14)16-13(17)9-4-6-15-7-5-9;/h2-3,8-9,15H,4-7H2,1H3,(H,16,17);1H. The Morgan fingerprint density at radius 1 is 1.42 bits per heavy atom. The van der Waals surface area contributed by atoms with Gasteiger partial charge < -0.3 is 10.6 Å². The molecule has 0 saturated carbocycles. The summed E-state index contributed by atoms with van der Waals surface area (Å²) in [6, 6.07) is 5.65. The molecule has 0 aliphatic carbocycles. The second kappa shape index (κ2) is 8.00. The molecule has 3 nitrogen and oxygen atoms in total. The molecule has 1 aliphatic heterocycles. The van der Waals surface area contributed by atoms with Gasteiger partial charge in [-0.25, -0.2) is 0 Å². The zero-order chi connectivity index (χ0) is 13.0. The van der Waals surface area contributed by atoms with Gasteiger partial charge in [-0.2, -0.15) is 0 Å². The molecule has 0 radical (unpaired) electrons. The van der Waals surface area contributed by atoms with E-state index in [-0.39, 0.29) is 24.2 Å². The van der Waals surface area contributed by atoms with Crippen LogP contribution in [0.1, 0.15) is 12.8 Å². The van der Waals surface area contributed by atoms with Crippen molar-refractivity contribution in [2.45, 2.75) is 17.7 Å². The minimum atomic E-state index is 0. The molecular formula is C13H18Cl2N2OS. The minimum Gasteiger partial charge on any atom is -0.326 e. The Balaban J connectivity index is 0.00000180. The van der Waals surface area contributed by atoms with Gasteiger partial charge in [-0.1, -0.05) is 11.6 Å². The quantitative estimate of drug-likeness (QED) is 0.838. The van der Waals surface area contributed by atoms with Gasteiger partial charge >= 0.3 is 0 Å². The summed E-state index contributed by atoms with van der Waals surface area (Å²) in [5, 5.41) is 6.88. The molecule has 2 N–H and O–H groups in total. The third kappa shape index (κ3) is 4.56. The Labute approximate surface area is 129 Å². The molecule has 1 aromatic carbocycles. The molecule has 1 saturated heterocycles. The summed E-state index contributed by atoms with van der Waals surface area (Å²) in [5.74, 6) is 0.217. The van der Waals surface area contributed by atoms with E-state index in [1.807, 2.05) is 24.5 Å². The Hall–Kier alpha value is -0.420. The smallest absolute Gasteiger partial charge is 0.227 e. The van der Waals surface area contributed by atoms with Gasteiger partial charge in [0, 0.05) is 16.5 Å². The molecule has 6 heteroatoms. The third-order valence-electron chi connectivity index (χ3n) is 3.13. The highest BCUT2D eigenvalue weighted by Gasteiger charge is 2.20. The number of carbonyl (C=O) groups is 1. The summed E-state index contributed by atoms with van der Waals surface area (Å²) in [6.45, 7) is 1.84. The van der Waals surface area contributed by atoms with Crippen LogP contribution in [0.25, 0.3) is 0 Å². The Morgan fingerprint density at radius 3 is 2.68 bits per heavy atom. The van der Waals surface area contributed by atoms with Crippen LogP contribution in [0.15, 0.2) is 23.1 Å². The van der Waals surface area contributed by atoms with Gasteiger partial charge in [0.2, 0.25) is 5.91 Å². The van der Waals surface area contributed by atoms with E-state index in [1.54, 1.807) is 11.8 Å². The predicted molar refractivity (Wildman–Crippen MR) is 84.7 cm³/mol. The first kappa shape index (κ1) is 16.6. The number of thioether (sulfide) groups is 1. The van der Waals surface area contributed by atoms with E-state index in [9.17, 15) is 4.79 Å². The number of halogens is 2. The largest absolute Gasteiger partial charge is 0.326 e. The third-order valence-corrected chi connectivity index (χ3v) is 4.35. The van der Waals surface area contributed by atoms with Crippen LogP contribution in [0.5, 0.6) is 0 Å². The fourth-order valence-corrected chi connectivity index (χ4v) is 2.94. The summed E-state index contributed by atoms with van der Waals surface area (Å²) in [5.41, 5.74) is 0.779. The first-order chi connectivity index (χ1) is 8.70. The van der Waals surface area contributed by atoms with Gasteiger partial charge in [-0.3, -0.25) is 4.79 Å². The van der Waals surface area contributed by atoms with E-state index >= 15 is 0 Å². The average molecular weight is 321 g/mol. The Bertz CT molecular complexity index is 437. The zero-order valence-corrected chi connectivity index (χ0v) is 13.1. The highest BCUT2D eigenvalue weighted by molar-refractivity contribution is 7.98. The van der Waals surface area contributed by atoms with Gasteiger partial charge in [0.15, 0.2) is 0 Å². The van der Waals surface area contributed by atoms with Crippen molar-refractivity contribution in [3.63, 3.8) is 0 Å². The summed E-state index contributed by atoms with van der Waals surface area (Å²) in [6.07, 6.45) is 3.79. The number of piperidine rings is 1. The number of carbonyl (C=O) groups excluding carboxylic acids is 1. The molecule has 0 aromatic heterocycles. The topological polar surface area (TPSA) is 41.1 Å². The number of rotatable bonds is 3. The normalized spacial score (nSPS) is 15.7. The lowest BCUT2D eigenvalue weighted by molar-refractivity contribution is -0.120. The van der Waals surface area contributed by atoms with Crippen LogP contribution in [-0.4, -0.2) is 25.3 Å². The fourth-order valence-electron chi connectivity index (χ4n) is 2.07. The summed E-state index contributed by atoms with van der Waals surface area (Å²) in [7, 11) is 0. The number of hydrogen-bond donors (Lipinski definition) is 2. The van der Waals surface area contributed by atoms with Crippen molar-refractivity contribution < 1.29 is 4.79 Å². The Morgan fingerprint density at radius 2 is 2.11 bits per heavy atom. The highest BCUT2D eigenvalue weighted by atomic mass is 35.5. The van der Waals surface area contributed by atoms with E-state index in [4.69, 9.17) is 11.6 Å². The van der Waals surface area contributed by atoms with Crippen LogP contribution in [0.3, 0.4) is 0 Å². The van der Waals surface area contributed by atoms with Crippen LogP contribution >= 0.6 is 35.8 Å². The lowest BCUT2D eigenvalue weighted by Crippen LogP contribution is -2.34. The number of benzene rings is 1. The molecule has 19 heavy (non-hydrogen) atoms. The second-order valence-electron chi connectivity index (χ2n) is 4.36. The molecule has 1 aromatic rings. The van der Waals surface area contributed by atoms with Gasteiger partial charge in [-0.15, -0.1) is 24.2 Å². The van der Waals surface area contributed by atoms with Gasteiger partial charge in [-0.05, 0) is 50.4 Å². The second-order valence-corrected chi connectivity index (χ2v) is 5.62. The molecule has 1 aliphatic rings. The fraction of sp³-hybridized carbons (Fsp3) is 0.462. The average Bonchev–Trinajstić information content (AvgIpc) is 2.40. The van der Waals surface area contributed by atoms with Crippen LogP contribution in [0.2, 0.25) is 5.02 Å². The van der Waals surface area contributed by atoms with Crippen LogP contribution in [-0.2, 0) is 4.79 Å². The van der Waals surface area contributed by atoms with Gasteiger partial charge in [0.25, 0.3) is 0 Å². The van der Waals surface area contributed by atoms with Gasteiger partial charge in [0.05, 0.1) is 5.02 Å². The van der Waals surface area contributed by atoms with E-state index in [0.29, 0.717) is 5.02 Å². The molecule has 0 atom stereocenters. The molecule has 0 spiro atoms. The number of nitrogens with one attached hydrogen (secondary N) is 2. The number of anilines is 1. The summed E-state index contributed by atoms with van der Waals surface area (Å²) < 4.78 is 0. The van der Waals surface area contributed by atoms with Crippen molar-refractivity contribution >= 4 is 47.4 Å². The monoisotopic (exact) mass is 320 g/mol. The molecular weight excluding hydrogens is 303 g/mol. The highest BCUT2D eigenvalue weighted by Crippen LogP contribution is 2.28. The maximum absolute atomic E-state index is 12.0. The first-order valence-corrected chi connectivity index (χ1v) is 7.66. The lowest BCUT2D eigenvalue weighted by Gasteiger charge is -2.21. The SMILES string of the molecule is CSc1ccc(NC(=O)C2CCNCC2)cc1Cl.Cl. The minimum absolute atomic E-state index is 0. The van der Waals surface area contributed by atoms with Crippen molar-refractivity contribution in [2.24, 2.45) is 5.92 Å². The molecule has 1 fully saturated rings. The maximum Gasteiger partial charge on any atom is 0.227 e. The van der Waals surface area contributed by atoms with Gasteiger partial charge in [0.1, 0.15) is 0 Å². The van der Waals surface area contributed by atoms with Crippen molar-refractivity contribution in [3.8, 4) is 0 Å². The molecule has 2 rings (SSSR count). The number of amides is 1. The van der Waals surface area contributed by atoms with E-state index in [1.165, 1.54) is 0 Å². The molecule has 1 amide bonds.